The molecule has 0 spiro atoms. The van der Waals surface area contributed by atoms with Crippen LogP contribution in [-0.4, -0.2) is 283 Å². The van der Waals surface area contributed by atoms with Crippen molar-refractivity contribution in [1.29, 1.82) is 0 Å². The van der Waals surface area contributed by atoms with E-state index in [9.17, 15) is 88.7 Å². The lowest BCUT2D eigenvalue weighted by Crippen LogP contribution is -2.64. The fourth-order valence-corrected chi connectivity index (χ4v) is 12.2. The molecule has 3 saturated heterocycles. The molecule has 3 aliphatic heterocycles. The molecule has 3 rings (SSSR count). The third kappa shape index (κ3) is 33.6. The number of ether oxygens (including phenoxy) is 9. The van der Waals surface area contributed by atoms with Crippen LogP contribution < -0.4 is 16.0 Å². The summed E-state index contributed by atoms with van der Waals surface area (Å²) in [5.74, 6) is -1.70. The van der Waals surface area contributed by atoms with Crippen molar-refractivity contribution in [3.8, 4) is 0 Å². The minimum absolute atomic E-state index is 0.0195. The maximum absolute atomic E-state index is 12.8. The van der Waals surface area contributed by atoms with E-state index in [-0.39, 0.29) is 105 Å². The second-order valence-corrected chi connectivity index (χ2v) is 28.0. The number of nitrogens with one attached hydrogen (secondary N) is 3. The third-order valence-corrected chi connectivity index (χ3v) is 18.5. The second-order valence-electron chi connectivity index (χ2n) is 23.7. The standard InChI is InChI=1S/C56H108N3O33P3/c1-37(2)56(35-80-36-89-95(76,77)86-27-17-11-8-14-24-83-55-46(59-40(5)65)52(71)49(68)43(32-62)92-55,33-78-20-18-28-87-93(72,73)84-25-15-9-6-12-22-81-53-44(57-38(3)63)50(69)47(66)41(30-60)90-53)34-79-21-19-29-88-94(74,75)85-26-16-10-7-13-23-82-54-45(58-39(4)64)51(70)48(67)42(31-61)91-54/h37,41-55,60-62,66-71H,6-36H2,1-5H3,(H,57,63)(H,58,64)(H,59,65)(H,72,73)(H,74,75)(H,76,77). The highest BCUT2D eigenvalue weighted by atomic mass is 31.2. The Bertz CT molecular complexity index is 2180. The Labute approximate surface area is 554 Å². The number of aliphatic hydroxyl groups excluding tert-OH is 9. The summed E-state index contributed by atoms with van der Waals surface area (Å²) in [6, 6.07) is -3.22. The van der Waals surface area contributed by atoms with Crippen molar-refractivity contribution in [2.45, 2.75) is 216 Å². The van der Waals surface area contributed by atoms with Crippen LogP contribution in [0.3, 0.4) is 0 Å². The molecular formula is C56H108N3O33P3. The maximum atomic E-state index is 12.8. The van der Waals surface area contributed by atoms with Crippen molar-refractivity contribution in [3.63, 3.8) is 0 Å². The van der Waals surface area contributed by atoms with E-state index in [4.69, 9.17) is 69.8 Å². The van der Waals surface area contributed by atoms with Gasteiger partial charge in [0.25, 0.3) is 0 Å². The van der Waals surface area contributed by atoms with E-state index in [2.05, 4.69) is 16.0 Å². The van der Waals surface area contributed by atoms with Gasteiger partial charge in [0.15, 0.2) is 25.7 Å². The molecule has 0 aromatic rings. The first-order chi connectivity index (χ1) is 45.0. The van der Waals surface area contributed by atoms with Gasteiger partial charge in [-0.2, -0.15) is 0 Å². The lowest BCUT2D eigenvalue weighted by Gasteiger charge is -2.42. The molecule has 0 aromatic carbocycles. The first-order valence-corrected chi connectivity index (χ1v) is 36.6. The van der Waals surface area contributed by atoms with Gasteiger partial charge in [-0.3, -0.25) is 41.5 Å². The monoisotopic (exact) mass is 1440 g/mol. The fraction of sp³-hybridized carbons (Fsp3) is 0.946. The molecule has 95 heavy (non-hydrogen) atoms. The molecule has 0 aliphatic carbocycles. The molecule has 18 unspecified atom stereocenters. The number of phosphoric ester groups is 3. The summed E-state index contributed by atoms with van der Waals surface area (Å²) in [4.78, 5) is 66.1. The second kappa shape index (κ2) is 46.5. The summed E-state index contributed by atoms with van der Waals surface area (Å²) in [7, 11) is -13.5. The summed E-state index contributed by atoms with van der Waals surface area (Å²) in [6.45, 7) is 4.44. The van der Waals surface area contributed by atoms with Crippen LogP contribution in [-0.2, 0) is 97.9 Å². The van der Waals surface area contributed by atoms with Gasteiger partial charge in [0.2, 0.25) is 17.7 Å². The molecule has 3 amide bonds. The smallest absolute Gasteiger partial charge is 0.394 e. The number of phosphoric acid groups is 3. The van der Waals surface area contributed by atoms with E-state index in [0.29, 0.717) is 77.0 Å². The van der Waals surface area contributed by atoms with Crippen molar-refractivity contribution < 1.29 is 158 Å². The van der Waals surface area contributed by atoms with Crippen LogP contribution in [0.4, 0.5) is 0 Å². The first kappa shape index (κ1) is 87.2. The SMILES string of the molecule is CC(=O)NC1C(OCCCCCCOP(=O)(O)OCCCOCC(COCCCOP(=O)(O)OCCCCCCOC2OC(CO)C(O)C(O)C2NC(C)=O)(COCOP(=O)(O)OCCCCCCOC2OC(CO)C(O)C(O)C2NC(C)=O)C(C)C)OC(CO)C(O)C1O. The van der Waals surface area contributed by atoms with E-state index in [1.807, 2.05) is 13.8 Å². The third-order valence-electron chi connectivity index (χ3n) is 15.5. The van der Waals surface area contributed by atoms with Crippen LogP contribution >= 0.6 is 23.5 Å². The van der Waals surface area contributed by atoms with Gasteiger partial charge in [0.1, 0.15) is 73.1 Å². The van der Waals surface area contributed by atoms with Crippen molar-refractivity contribution >= 4 is 41.2 Å². The van der Waals surface area contributed by atoms with Crippen LogP contribution in [0.1, 0.15) is 125 Å². The normalized spacial score (nSPS) is 29.1. The summed E-state index contributed by atoms with van der Waals surface area (Å²) in [6.07, 6.45) is -9.08. The summed E-state index contributed by atoms with van der Waals surface area (Å²) in [5.41, 5.74) is -0.949. The Morgan fingerprint density at radius 1 is 0.389 bits per heavy atom. The van der Waals surface area contributed by atoms with Crippen molar-refractivity contribution in [1.82, 2.24) is 16.0 Å². The van der Waals surface area contributed by atoms with Crippen molar-refractivity contribution in [3.05, 3.63) is 0 Å². The van der Waals surface area contributed by atoms with Gasteiger partial charge in [-0.25, -0.2) is 13.7 Å². The molecule has 36 nitrogen and oxygen atoms in total. The summed E-state index contributed by atoms with van der Waals surface area (Å²) >= 11 is 0. The predicted molar refractivity (Wildman–Crippen MR) is 329 cm³/mol. The maximum Gasteiger partial charge on any atom is 0.474 e. The molecule has 0 bridgehead atoms. The molecule has 15 N–H and O–H groups in total. The minimum atomic E-state index is -4.61. The molecule has 0 saturated carbocycles. The molecular weight excluding hydrogens is 1340 g/mol. The van der Waals surface area contributed by atoms with Crippen LogP contribution in [0, 0.1) is 11.3 Å². The molecule has 560 valence electrons. The highest BCUT2D eigenvalue weighted by Crippen LogP contribution is 2.45. The Morgan fingerprint density at radius 2 is 0.653 bits per heavy atom. The number of unbranched alkanes of at least 4 members (excludes halogenated alkanes) is 9. The largest absolute Gasteiger partial charge is 0.474 e. The highest BCUT2D eigenvalue weighted by Gasteiger charge is 2.48. The van der Waals surface area contributed by atoms with Crippen LogP contribution in [0.5, 0.6) is 0 Å². The zero-order valence-corrected chi connectivity index (χ0v) is 57.6. The van der Waals surface area contributed by atoms with Crippen LogP contribution in [0.15, 0.2) is 0 Å². The van der Waals surface area contributed by atoms with E-state index < -0.39 is 165 Å². The van der Waals surface area contributed by atoms with Gasteiger partial charge in [-0.1, -0.05) is 52.4 Å². The van der Waals surface area contributed by atoms with Crippen molar-refractivity contribution in [2.24, 2.45) is 11.3 Å². The number of carbonyl (C=O) groups is 3. The van der Waals surface area contributed by atoms with E-state index in [1.165, 1.54) is 20.8 Å². The Hall–Kier alpha value is -1.98. The van der Waals surface area contributed by atoms with Gasteiger partial charge < -0.3 is 119 Å². The molecule has 0 radical (unpaired) electrons. The average molecular weight is 1440 g/mol. The van der Waals surface area contributed by atoms with Crippen LogP contribution in [0.25, 0.3) is 0 Å². The Morgan fingerprint density at radius 3 is 0.926 bits per heavy atom. The minimum Gasteiger partial charge on any atom is -0.394 e. The zero-order valence-electron chi connectivity index (χ0n) is 54.9. The molecule has 3 fully saturated rings. The lowest BCUT2D eigenvalue weighted by atomic mass is 9.79. The topological polar surface area (TPSA) is 520 Å². The number of hydrogen-bond acceptors (Lipinski definition) is 30. The number of hydrogen-bond donors (Lipinski definition) is 15. The number of carbonyl (C=O) groups excluding carboxylic acids is 3. The van der Waals surface area contributed by atoms with E-state index in [0.717, 1.165) is 0 Å². The van der Waals surface area contributed by atoms with E-state index >= 15 is 0 Å². The Kier molecular flexibility index (Phi) is 42.7. The van der Waals surface area contributed by atoms with Gasteiger partial charge in [0, 0.05) is 59.2 Å². The fourth-order valence-electron chi connectivity index (χ4n) is 9.97. The number of amides is 3. The molecule has 18 atom stereocenters. The van der Waals surface area contributed by atoms with Gasteiger partial charge in [-0.15, -0.1) is 0 Å². The predicted octanol–water partition coefficient (Wildman–Crippen LogP) is -0.621. The summed E-state index contributed by atoms with van der Waals surface area (Å²) in [5, 5.41) is 98.0. The highest BCUT2D eigenvalue weighted by molar-refractivity contribution is 7.47. The molecule has 3 aliphatic rings. The number of aliphatic hydroxyl groups is 9. The van der Waals surface area contributed by atoms with Crippen molar-refractivity contribution in [2.75, 3.05) is 113 Å². The summed E-state index contributed by atoms with van der Waals surface area (Å²) < 4.78 is 120. The van der Waals surface area contributed by atoms with Crippen LogP contribution in [0.2, 0.25) is 0 Å². The Balaban J connectivity index is 1.42. The molecule has 39 heteroatoms. The number of rotatable bonds is 53. The quantitative estimate of drug-likeness (QED) is 0.0205. The molecule has 3 heterocycles. The van der Waals surface area contributed by atoms with Gasteiger partial charge >= 0.3 is 23.5 Å². The average Bonchev–Trinajstić information content (AvgIpc) is 0.859. The lowest BCUT2D eigenvalue weighted by molar-refractivity contribution is -0.270. The first-order valence-electron chi connectivity index (χ1n) is 32.1. The van der Waals surface area contributed by atoms with E-state index in [1.54, 1.807) is 0 Å². The van der Waals surface area contributed by atoms with Gasteiger partial charge in [0.05, 0.1) is 72.7 Å². The molecule has 0 aromatic heterocycles. The van der Waals surface area contributed by atoms with Gasteiger partial charge in [-0.05, 0) is 57.3 Å². The zero-order chi connectivity index (χ0) is 70.6.